The van der Waals surface area contributed by atoms with Gasteiger partial charge in [0.2, 0.25) is 0 Å². The first kappa shape index (κ1) is 38.7. The molecule has 1 N–H and O–H groups in total. The van der Waals surface area contributed by atoms with Gasteiger partial charge < -0.3 is 9.88 Å². The number of hydrogen-bond acceptors (Lipinski definition) is 1. The number of rotatable bonds is 8. The standard InChI is InChI=1S/C65H44N2/c1-4-18-44(19-5-1)47-23-17-29-53(39-47)66-62-33-15-13-30-55(62)50-24-16-22-46(38-50)49-35-37-63-58(41-49)59-42-61-57(43-64(59)67(63)54-36-34-45-20-10-11-21-48(45)40-54)56-31-12-14-32-60(56)65(61,51-25-6-2-7-26-51)52-27-8-3-9-28-52/h1-43,66H. The van der Waals surface area contributed by atoms with Crippen LogP contribution < -0.4 is 5.32 Å². The summed E-state index contributed by atoms with van der Waals surface area (Å²) in [6.07, 6.45) is 0. The highest BCUT2D eigenvalue weighted by molar-refractivity contribution is 6.13. The van der Waals surface area contributed by atoms with E-state index in [1.165, 1.54) is 88.2 Å². The maximum Gasteiger partial charge on any atom is 0.0713 e. The first-order chi connectivity index (χ1) is 33.2. The van der Waals surface area contributed by atoms with Crippen LogP contribution in [0.15, 0.2) is 261 Å². The lowest BCUT2D eigenvalue weighted by Crippen LogP contribution is -2.28. The minimum Gasteiger partial charge on any atom is -0.355 e. The Kier molecular flexibility index (Phi) is 9.11. The summed E-state index contributed by atoms with van der Waals surface area (Å²) in [5.41, 5.74) is 19.9. The van der Waals surface area contributed by atoms with E-state index in [1.807, 2.05) is 0 Å². The van der Waals surface area contributed by atoms with Crippen LogP contribution >= 0.6 is 0 Å². The number of aromatic nitrogens is 1. The van der Waals surface area contributed by atoms with Crippen molar-refractivity contribution >= 4 is 44.0 Å². The molecule has 0 bridgehead atoms. The molecule has 12 aromatic rings. The number of anilines is 2. The molecule has 0 saturated carbocycles. The van der Waals surface area contributed by atoms with E-state index in [0.29, 0.717) is 0 Å². The highest BCUT2D eigenvalue weighted by atomic mass is 15.0. The van der Waals surface area contributed by atoms with Gasteiger partial charge in [-0.25, -0.2) is 0 Å². The van der Waals surface area contributed by atoms with Crippen molar-refractivity contribution in [2.24, 2.45) is 0 Å². The molecule has 0 unspecified atom stereocenters. The molecular formula is C65H44N2. The lowest BCUT2D eigenvalue weighted by Gasteiger charge is -2.34. The normalized spacial score (nSPS) is 12.6. The van der Waals surface area contributed by atoms with Crippen molar-refractivity contribution in [3.8, 4) is 50.2 Å². The molecule has 67 heavy (non-hydrogen) atoms. The fourth-order valence-electron chi connectivity index (χ4n) is 11.0. The summed E-state index contributed by atoms with van der Waals surface area (Å²) < 4.78 is 2.49. The Labute approximate surface area is 390 Å². The number of nitrogens with one attached hydrogen (secondary N) is 1. The molecule has 0 saturated heterocycles. The van der Waals surface area contributed by atoms with Crippen LogP contribution in [0.3, 0.4) is 0 Å². The largest absolute Gasteiger partial charge is 0.355 e. The van der Waals surface area contributed by atoms with Gasteiger partial charge in [0.15, 0.2) is 0 Å². The molecule has 0 radical (unpaired) electrons. The van der Waals surface area contributed by atoms with Gasteiger partial charge in [0.05, 0.1) is 16.4 Å². The van der Waals surface area contributed by atoms with E-state index >= 15 is 0 Å². The van der Waals surface area contributed by atoms with Gasteiger partial charge in [-0.15, -0.1) is 0 Å². The molecule has 1 aliphatic rings. The van der Waals surface area contributed by atoms with E-state index in [1.54, 1.807) is 0 Å². The van der Waals surface area contributed by atoms with Crippen molar-refractivity contribution in [3.63, 3.8) is 0 Å². The van der Waals surface area contributed by atoms with Crippen LogP contribution in [0.4, 0.5) is 11.4 Å². The van der Waals surface area contributed by atoms with Crippen LogP contribution in [0.2, 0.25) is 0 Å². The summed E-state index contributed by atoms with van der Waals surface area (Å²) in [5.74, 6) is 0. The van der Waals surface area contributed by atoms with Gasteiger partial charge in [0.25, 0.3) is 0 Å². The number of hydrogen-bond donors (Lipinski definition) is 1. The molecule has 0 atom stereocenters. The molecular weight excluding hydrogens is 809 g/mol. The topological polar surface area (TPSA) is 17.0 Å². The van der Waals surface area contributed by atoms with Gasteiger partial charge >= 0.3 is 0 Å². The quantitative estimate of drug-likeness (QED) is 0.161. The Hall–Kier alpha value is -8.72. The SMILES string of the molecule is c1ccc(-c2cccc(Nc3ccccc3-c3cccc(-c4ccc5c(c4)c4cc6c(cc4n5-c4ccc5ccccc5c4)-c4ccccc4C6(c4ccccc4)c4ccccc4)c3)c2)cc1. The maximum atomic E-state index is 3.77. The van der Waals surface area contributed by atoms with E-state index in [9.17, 15) is 0 Å². The van der Waals surface area contributed by atoms with E-state index in [0.717, 1.165) is 28.2 Å². The molecule has 13 rings (SSSR count). The van der Waals surface area contributed by atoms with Crippen LogP contribution in [0, 0.1) is 0 Å². The second-order valence-corrected chi connectivity index (χ2v) is 17.7. The van der Waals surface area contributed by atoms with E-state index in [4.69, 9.17) is 0 Å². The average molecular weight is 853 g/mol. The molecule has 314 valence electrons. The van der Waals surface area contributed by atoms with Gasteiger partial charge in [0, 0.05) is 33.4 Å². The number of benzene rings is 11. The summed E-state index contributed by atoms with van der Waals surface area (Å²) in [4.78, 5) is 0. The van der Waals surface area contributed by atoms with Crippen LogP contribution in [-0.4, -0.2) is 4.57 Å². The third-order valence-corrected chi connectivity index (χ3v) is 14.0. The Morgan fingerprint density at radius 1 is 0.313 bits per heavy atom. The summed E-state index contributed by atoms with van der Waals surface area (Å²) in [7, 11) is 0. The molecule has 11 aromatic carbocycles. The van der Waals surface area contributed by atoms with Gasteiger partial charge in [0.1, 0.15) is 0 Å². The number of fused-ring (bicyclic) bond motifs is 7. The van der Waals surface area contributed by atoms with Crippen LogP contribution in [0.5, 0.6) is 0 Å². The molecule has 2 heteroatoms. The second-order valence-electron chi connectivity index (χ2n) is 17.7. The van der Waals surface area contributed by atoms with Gasteiger partial charge in [-0.3, -0.25) is 0 Å². The fourth-order valence-corrected chi connectivity index (χ4v) is 11.0. The fraction of sp³-hybridized carbons (Fsp3) is 0.0154. The Morgan fingerprint density at radius 3 is 1.70 bits per heavy atom. The van der Waals surface area contributed by atoms with Crippen LogP contribution in [0.1, 0.15) is 22.3 Å². The van der Waals surface area contributed by atoms with Gasteiger partial charge in [-0.05, 0) is 133 Å². The summed E-state index contributed by atoms with van der Waals surface area (Å²) >= 11 is 0. The first-order valence-corrected chi connectivity index (χ1v) is 23.2. The molecule has 0 aliphatic heterocycles. The van der Waals surface area contributed by atoms with Crippen LogP contribution in [0.25, 0.3) is 82.8 Å². The lowest BCUT2D eigenvalue weighted by molar-refractivity contribution is 0.769. The molecule has 1 heterocycles. The van der Waals surface area contributed by atoms with E-state index in [2.05, 4.69) is 271 Å². The molecule has 2 nitrogen and oxygen atoms in total. The van der Waals surface area contributed by atoms with Crippen LogP contribution in [-0.2, 0) is 5.41 Å². The molecule has 0 fully saturated rings. The predicted octanol–water partition coefficient (Wildman–Crippen LogP) is 17.0. The summed E-state index contributed by atoms with van der Waals surface area (Å²) in [6, 6.07) is 95.7. The number of para-hydroxylation sites is 1. The number of nitrogens with zero attached hydrogens (tertiary/aromatic N) is 1. The van der Waals surface area contributed by atoms with Crippen molar-refractivity contribution in [2.75, 3.05) is 5.32 Å². The zero-order valence-electron chi connectivity index (χ0n) is 36.8. The molecule has 1 aromatic heterocycles. The zero-order chi connectivity index (χ0) is 44.3. The van der Waals surface area contributed by atoms with Crippen molar-refractivity contribution in [1.82, 2.24) is 4.57 Å². The minimum atomic E-state index is -0.504. The maximum absolute atomic E-state index is 3.77. The molecule has 0 spiro atoms. The van der Waals surface area contributed by atoms with Crippen molar-refractivity contribution < 1.29 is 0 Å². The van der Waals surface area contributed by atoms with Crippen molar-refractivity contribution in [3.05, 3.63) is 283 Å². The molecule has 1 aliphatic carbocycles. The third kappa shape index (κ3) is 6.33. The first-order valence-electron chi connectivity index (χ1n) is 23.2. The van der Waals surface area contributed by atoms with E-state index in [-0.39, 0.29) is 0 Å². The second kappa shape index (κ2) is 15.8. The Balaban J connectivity index is 1.00. The Morgan fingerprint density at radius 2 is 0.910 bits per heavy atom. The highest BCUT2D eigenvalue weighted by Crippen LogP contribution is 2.57. The third-order valence-electron chi connectivity index (χ3n) is 14.0. The van der Waals surface area contributed by atoms with Gasteiger partial charge in [-0.1, -0.05) is 200 Å². The average Bonchev–Trinajstić information content (AvgIpc) is 3.88. The Bertz CT molecular complexity index is 3790. The smallest absolute Gasteiger partial charge is 0.0713 e. The lowest BCUT2D eigenvalue weighted by atomic mass is 9.67. The zero-order valence-corrected chi connectivity index (χ0v) is 36.8. The summed E-state index contributed by atoms with van der Waals surface area (Å²) in [5, 5.41) is 8.68. The summed E-state index contributed by atoms with van der Waals surface area (Å²) in [6.45, 7) is 0. The monoisotopic (exact) mass is 852 g/mol. The van der Waals surface area contributed by atoms with Gasteiger partial charge in [-0.2, -0.15) is 0 Å². The van der Waals surface area contributed by atoms with Crippen molar-refractivity contribution in [2.45, 2.75) is 5.41 Å². The highest BCUT2D eigenvalue weighted by Gasteiger charge is 2.46. The molecule has 0 amide bonds. The minimum absolute atomic E-state index is 0.504. The predicted molar refractivity (Wildman–Crippen MR) is 282 cm³/mol. The van der Waals surface area contributed by atoms with Crippen molar-refractivity contribution in [1.29, 1.82) is 0 Å². The van der Waals surface area contributed by atoms with E-state index < -0.39 is 5.41 Å².